The summed E-state index contributed by atoms with van der Waals surface area (Å²) in [6.45, 7) is -0.345. The van der Waals surface area contributed by atoms with Gasteiger partial charge in [0.25, 0.3) is 5.69 Å². The molecule has 1 unspecified atom stereocenters. The van der Waals surface area contributed by atoms with Gasteiger partial charge in [-0.25, -0.2) is 0 Å². The summed E-state index contributed by atoms with van der Waals surface area (Å²) in [6, 6.07) is 4.46. The van der Waals surface area contributed by atoms with Crippen LogP contribution in [-0.2, 0) is 0 Å². The molecule has 1 aromatic carbocycles. The Balaban J connectivity index is 2.84. The van der Waals surface area contributed by atoms with Gasteiger partial charge >= 0.3 is 0 Å². The lowest BCUT2D eigenvalue weighted by molar-refractivity contribution is -0.384. The smallest absolute Gasteiger partial charge is 0.292 e. The van der Waals surface area contributed by atoms with E-state index < -0.39 is 17.6 Å². The van der Waals surface area contributed by atoms with E-state index in [1.165, 1.54) is 6.07 Å². The van der Waals surface area contributed by atoms with Gasteiger partial charge in [0.15, 0.2) is 0 Å². The lowest BCUT2D eigenvalue weighted by Crippen LogP contribution is -2.23. The Bertz CT molecular complexity index is 386. The van der Waals surface area contributed by atoms with Gasteiger partial charge in [0.1, 0.15) is 5.69 Å². The zero-order valence-corrected chi connectivity index (χ0v) is 9.85. The van der Waals surface area contributed by atoms with Gasteiger partial charge in [-0.05, 0) is 12.1 Å². The molecule has 0 saturated heterocycles. The summed E-state index contributed by atoms with van der Waals surface area (Å²) in [7, 11) is 0. The molecular formula is C9H11BrN2O4. The topological polar surface area (TPSA) is 95.6 Å². The summed E-state index contributed by atoms with van der Waals surface area (Å²) >= 11 is 3.20. The Kier molecular flexibility index (Phi) is 4.66. The van der Waals surface area contributed by atoms with Crippen molar-refractivity contribution in [3.63, 3.8) is 0 Å². The van der Waals surface area contributed by atoms with Gasteiger partial charge in [-0.15, -0.1) is 0 Å². The van der Waals surface area contributed by atoms with Crippen LogP contribution in [0.4, 0.5) is 11.4 Å². The first-order valence-electron chi connectivity index (χ1n) is 4.51. The molecule has 0 fully saturated rings. The van der Waals surface area contributed by atoms with Crippen LogP contribution in [0.15, 0.2) is 22.7 Å². The average Bonchev–Trinajstić information content (AvgIpc) is 2.25. The van der Waals surface area contributed by atoms with E-state index in [1.54, 1.807) is 12.1 Å². The fraction of sp³-hybridized carbons (Fsp3) is 0.333. The van der Waals surface area contributed by atoms with E-state index in [9.17, 15) is 10.1 Å². The molecule has 1 aromatic rings. The van der Waals surface area contributed by atoms with Crippen LogP contribution in [0.5, 0.6) is 0 Å². The van der Waals surface area contributed by atoms with Crippen LogP contribution in [0.1, 0.15) is 0 Å². The van der Waals surface area contributed by atoms with Gasteiger partial charge in [0.05, 0.1) is 17.6 Å². The van der Waals surface area contributed by atoms with Crippen LogP contribution in [0.25, 0.3) is 0 Å². The number of nitrogens with one attached hydrogen (secondary N) is 1. The largest absolute Gasteiger partial charge is 0.394 e. The number of aliphatic hydroxyl groups excluding tert-OH is 2. The molecule has 0 amide bonds. The molecule has 0 saturated carbocycles. The van der Waals surface area contributed by atoms with E-state index >= 15 is 0 Å². The number of hydrogen-bond acceptors (Lipinski definition) is 5. The minimum Gasteiger partial charge on any atom is -0.394 e. The summed E-state index contributed by atoms with van der Waals surface area (Å²) in [5.74, 6) is 0. The minimum absolute atomic E-state index is 0.0494. The van der Waals surface area contributed by atoms with Gasteiger partial charge in [-0.1, -0.05) is 15.9 Å². The second-order valence-corrected chi connectivity index (χ2v) is 4.05. The van der Waals surface area contributed by atoms with Crippen molar-refractivity contribution in [2.24, 2.45) is 0 Å². The van der Waals surface area contributed by atoms with Gasteiger partial charge < -0.3 is 15.5 Å². The lowest BCUT2D eigenvalue weighted by Gasteiger charge is -2.10. The highest BCUT2D eigenvalue weighted by Crippen LogP contribution is 2.27. The summed E-state index contributed by atoms with van der Waals surface area (Å²) in [4.78, 5) is 10.2. The molecule has 0 radical (unpaired) electrons. The number of nitrogens with zero attached hydrogens (tertiary/aromatic N) is 1. The van der Waals surface area contributed by atoms with Gasteiger partial charge in [0.2, 0.25) is 0 Å². The molecular weight excluding hydrogens is 280 g/mol. The van der Waals surface area contributed by atoms with Gasteiger partial charge in [-0.2, -0.15) is 0 Å². The molecule has 0 aliphatic rings. The highest BCUT2D eigenvalue weighted by molar-refractivity contribution is 9.10. The zero-order valence-electron chi connectivity index (χ0n) is 8.26. The maximum atomic E-state index is 10.7. The van der Waals surface area contributed by atoms with E-state index in [1.807, 2.05) is 0 Å². The van der Waals surface area contributed by atoms with Crippen molar-refractivity contribution >= 4 is 27.3 Å². The summed E-state index contributed by atoms with van der Waals surface area (Å²) in [6.07, 6.45) is -0.946. The third kappa shape index (κ3) is 3.44. The van der Waals surface area contributed by atoms with Crippen LogP contribution < -0.4 is 5.32 Å². The number of nitro groups is 1. The zero-order chi connectivity index (χ0) is 12.1. The van der Waals surface area contributed by atoms with E-state index in [2.05, 4.69) is 21.2 Å². The highest BCUT2D eigenvalue weighted by Gasteiger charge is 2.14. The molecule has 88 valence electrons. The van der Waals surface area contributed by atoms with Crippen molar-refractivity contribution in [2.45, 2.75) is 6.10 Å². The summed E-state index contributed by atoms with van der Waals surface area (Å²) in [5, 5.41) is 31.1. The molecule has 0 aliphatic carbocycles. The molecule has 0 aliphatic heterocycles. The molecule has 6 nitrogen and oxygen atoms in total. The maximum absolute atomic E-state index is 10.7. The predicted octanol–water partition coefficient (Wildman–Crippen LogP) is 1.12. The molecule has 7 heteroatoms. The average molecular weight is 291 g/mol. The van der Waals surface area contributed by atoms with Gasteiger partial charge in [-0.3, -0.25) is 10.1 Å². The quantitative estimate of drug-likeness (QED) is 0.558. The first-order valence-corrected chi connectivity index (χ1v) is 5.30. The molecule has 0 heterocycles. The molecule has 0 spiro atoms. The van der Waals surface area contributed by atoms with Crippen molar-refractivity contribution < 1.29 is 15.1 Å². The van der Waals surface area contributed by atoms with Crippen molar-refractivity contribution in [2.75, 3.05) is 18.5 Å². The fourth-order valence-corrected chi connectivity index (χ4v) is 1.46. The Morgan fingerprint density at radius 2 is 2.25 bits per heavy atom. The second kappa shape index (κ2) is 5.78. The fourth-order valence-electron chi connectivity index (χ4n) is 1.10. The molecule has 1 atom stereocenters. The number of benzene rings is 1. The van der Waals surface area contributed by atoms with Crippen LogP contribution >= 0.6 is 15.9 Å². The standard InChI is InChI=1S/C9H11BrN2O4/c10-6-1-2-9(12(15)16)8(3-6)11-4-7(14)5-13/h1-3,7,11,13-14H,4-5H2. The van der Waals surface area contributed by atoms with Crippen molar-refractivity contribution in [1.29, 1.82) is 0 Å². The lowest BCUT2D eigenvalue weighted by atomic mass is 10.2. The summed E-state index contributed by atoms with van der Waals surface area (Å²) < 4.78 is 0.694. The van der Waals surface area contributed by atoms with Crippen molar-refractivity contribution in [1.82, 2.24) is 0 Å². The van der Waals surface area contributed by atoms with Crippen LogP contribution in [0, 0.1) is 10.1 Å². The third-order valence-corrected chi connectivity index (χ3v) is 2.39. The molecule has 3 N–H and O–H groups in total. The third-order valence-electron chi connectivity index (χ3n) is 1.89. The van der Waals surface area contributed by atoms with E-state index in [-0.39, 0.29) is 12.2 Å². The number of aliphatic hydroxyl groups is 2. The maximum Gasteiger partial charge on any atom is 0.292 e. The normalized spacial score (nSPS) is 12.2. The Morgan fingerprint density at radius 3 is 2.81 bits per heavy atom. The summed E-state index contributed by atoms with van der Waals surface area (Å²) in [5.41, 5.74) is 0.222. The van der Waals surface area contributed by atoms with E-state index in [0.29, 0.717) is 10.2 Å². The van der Waals surface area contributed by atoms with Crippen LogP contribution in [-0.4, -0.2) is 34.4 Å². The van der Waals surface area contributed by atoms with Crippen molar-refractivity contribution in [3.05, 3.63) is 32.8 Å². The van der Waals surface area contributed by atoms with Crippen LogP contribution in [0.2, 0.25) is 0 Å². The molecule has 0 bridgehead atoms. The monoisotopic (exact) mass is 290 g/mol. The minimum atomic E-state index is -0.946. The van der Waals surface area contributed by atoms with E-state index in [4.69, 9.17) is 10.2 Å². The number of hydrogen-bond donors (Lipinski definition) is 3. The van der Waals surface area contributed by atoms with Gasteiger partial charge in [0, 0.05) is 17.1 Å². The SMILES string of the molecule is O=[N+]([O-])c1ccc(Br)cc1NCC(O)CO. The number of rotatable bonds is 5. The first kappa shape index (κ1) is 12.9. The van der Waals surface area contributed by atoms with E-state index in [0.717, 1.165) is 0 Å². The second-order valence-electron chi connectivity index (χ2n) is 3.14. The first-order chi connectivity index (χ1) is 7.54. The Labute approximate surface area is 100 Å². The Hall–Kier alpha value is -1.18. The predicted molar refractivity (Wildman–Crippen MR) is 62.4 cm³/mol. The molecule has 16 heavy (non-hydrogen) atoms. The number of halogens is 1. The molecule has 0 aromatic heterocycles. The number of nitro benzene ring substituents is 1. The molecule has 1 rings (SSSR count). The highest BCUT2D eigenvalue weighted by atomic mass is 79.9. The van der Waals surface area contributed by atoms with Crippen molar-refractivity contribution in [3.8, 4) is 0 Å². The Morgan fingerprint density at radius 1 is 1.56 bits per heavy atom. The number of anilines is 1. The van der Waals surface area contributed by atoms with Crippen LogP contribution in [0.3, 0.4) is 0 Å².